The fraction of sp³-hybridized carbons (Fsp3) is 0.0769. The quantitative estimate of drug-likeness (QED) is 0.384. The molecule has 0 aliphatic rings. The highest BCUT2D eigenvalue weighted by molar-refractivity contribution is 7.92. The minimum Gasteiger partial charge on any atom is -0.496 e. The van der Waals surface area contributed by atoms with Gasteiger partial charge in [0.1, 0.15) is 23.5 Å². The van der Waals surface area contributed by atoms with Gasteiger partial charge in [-0.3, -0.25) is 4.72 Å². The van der Waals surface area contributed by atoms with E-state index in [-0.39, 0.29) is 10.5 Å². The normalized spacial score (nSPS) is 10.8. The van der Waals surface area contributed by atoms with Crippen LogP contribution in [0.15, 0.2) is 89.3 Å². The van der Waals surface area contributed by atoms with Crippen LogP contribution in [-0.2, 0) is 10.0 Å². The van der Waals surface area contributed by atoms with Gasteiger partial charge in [-0.15, -0.1) is 0 Å². The third-order valence-electron chi connectivity index (χ3n) is 4.84. The molecule has 0 atom stereocenters. The summed E-state index contributed by atoms with van der Waals surface area (Å²) in [5, 5.41) is 18.9. The topological polar surface area (TPSA) is 103 Å². The molecule has 0 saturated carbocycles. The monoisotopic (exact) mass is 455 g/mol. The Kier molecular flexibility index (Phi) is 7.30. The molecule has 0 amide bonds. The highest BCUT2D eigenvalue weighted by atomic mass is 32.2. The largest absolute Gasteiger partial charge is 0.496 e. The number of aryl methyl sites for hydroxylation is 1. The van der Waals surface area contributed by atoms with Gasteiger partial charge in [0.2, 0.25) is 0 Å². The highest BCUT2D eigenvalue weighted by Crippen LogP contribution is 2.26. The zero-order chi connectivity index (χ0) is 23.8. The van der Waals surface area contributed by atoms with Crippen molar-refractivity contribution >= 4 is 27.4 Å². The van der Waals surface area contributed by atoms with Gasteiger partial charge in [0.25, 0.3) is 10.0 Å². The number of anilines is 1. The van der Waals surface area contributed by atoms with Crippen molar-refractivity contribution in [1.82, 2.24) is 0 Å². The summed E-state index contributed by atoms with van der Waals surface area (Å²) in [5.41, 5.74) is 3.06. The van der Waals surface area contributed by atoms with Gasteiger partial charge < -0.3 is 4.74 Å². The number of sulfonamides is 1. The van der Waals surface area contributed by atoms with Gasteiger partial charge in [0, 0.05) is 16.8 Å². The van der Waals surface area contributed by atoms with Crippen LogP contribution in [0.5, 0.6) is 5.75 Å². The van der Waals surface area contributed by atoms with E-state index in [1.807, 2.05) is 43.3 Å². The van der Waals surface area contributed by atoms with Gasteiger partial charge in [-0.25, -0.2) is 8.42 Å². The zero-order valence-corrected chi connectivity index (χ0v) is 18.9. The van der Waals surface area contributed by atoms with Crippen molar-refractivity contribution in [3.63, 3.8) is 0 Å². The maximum Gasteiger partial charge on any atom is 0.261 e. The first kappa shape index (κ1) is 23.3. The van der Waals surface area contributed by atoms with E-state index in [9.17, 15) is 18.9 Å². The first-order valence-electron chi connectivity index (χ1n) is 9.93. The number of nitrogens with zero attached hydrogens (tertiary/aromatic N) is 2. The fourth-order valence-corrected chi connectivity index (χ4v) is 4.15. The Labute approximate surface area is 193 Å². The Bertz CT molecular complexity index is 1370. The summed E-state index contributed by atoms with van der Waals surface area (Å²) in [7, 11) is -2.17. The first-order valence-corrected chi connectivity index (χ1v) is 11.4. The molecule has 1 N–H and O–H groups in total. The van der Waals surface area contributed by atoms with Gasteiger partial charge in [-0.1, -0.05) is 60.2 Å². The number of hydrogen-bond acceptors (Lipinski definition) is 5. The van der Waals surface area contributed by atoms with E-state index in [2.05, 4.69) is 4.72 Å². The summed E-state index contributed by atoms with van der Waals surface area (Å²) < 4.78 is 33.1. The molecule has 0 aromatic heterocycles. The van der Waals surface area contributed by atoms with Crippen LogP contribution < -0.4 is 9.46 Å². The summed E-state index contributed by atoms with van der Waals surface area (Å²) in [6.45, 7) is 1.88. The van der Waals surface area contributed by atoms with Crippen molar-refractivity contribution in [2.75, 3.05) is 11.8 Å². The standard InChI is InChI=1S/C26H21N3O3S/c1-19-7-14-24(15-8-19)33(30,31)29-23-12-9-20(10-13-23)25(22(17-27)18-28)16-11-21-5-3-4-6-26(21)32-2/h3-16,29H,1-2H3/b16-11+. The zero-order valence-electron chi connectivity index (χ0n) is 18.1. The summed E-state index contributed by atoms with van der Waals surface area (Å²) in [6, 6.07) is 24.2. The van der Waals surface area contributed by atoms with E-state index in [0.29, 0.717) is 22.6 Å². The molecule has 0 aliphatic carbocycles. The van der Waals surface area contributed by atoms with Crippen LogP contribution in [0.4, 0.5) is 5.69 Å². The summed E-state index contributed by atoms with van der Waals surface area (Å²) in [6.07, 6.45) is 3.43. The minimum absolute atomic E-state index is 0.0610. The lowest BCUT2D eigenvalue weighted by Gasteiger charge is -2.10. The van der Waals surface area contributed by atoms with E-state index in [4.69, 9.17) is 4.74 Å². The summed E-state index contributed by atoms with van der Waals surface area (Å²) in [5.74, 6) is 0.657. The van der Waals surface area contributed by atoms with Gasteiger partial charge >= 0.3 is 0 Å². The van der Waals surface area contributed by atoms with Crippen LogP contribution in [0.2, 0.25) is 0 Å². The fourth-order valence-electron chi connectivity index (χ4n) is 3.10. The minimum atomic E-state index is -3.74. The van der Waals surface area contributed by atoms with Crippen LogP contribution in [0.3, 0.4) is 0 Å². The van der Waals surface area contributed by atoms with Crippen molar-refractivity contribution in [3.8, 4) is 17.9 Å². The lowest BCUT2D eigenvalue weighted by molar-refractivity contribution is 0.414. The molecule has 0 bridgehead atoms. The molecule has 3 aromatic carbocycles. The van der Waals surface area contributed by atoms with Crippen molar-refractivity contribution in [1.29, 1.82) is 10.5 Å². The van der Waals surface area contributed by atoms with Gasteiger partial charge in [-0.2, -0.15) is 10.5 Å². The van der Waals surface area contributed by atoms with Gasteiger partial charge in [0.15, 0.2) is 0 Å². The lowest BCUT2D eigenvalue weighted by Crippen LogP contribution is -2.12. The molecule has 0 saturated heterocycles. The summed E-state index contributed by atoms with van der Waals surface area (Å²) >= 11 is 0. The van der Waals surface area contributed by atoms with Crippen LogP contribution >= 0.6 is 0 Å². The molecule has 0 heterocycles. The third kappa shape index (κ3) is 5.68. The first-order chi connectivity index (χ1) is 15.9. The molecule has 0 radical (unpaired) electrons. The van der Waals surface area contributed by atoms with Crippen LogP contribution in [0.25, 0.3) is 11.6 Å². The van der Waals surface area contributed by atoms with Crippen molar-refractivity contribution in [2.24, 2.45) is 0 Å². The van der Waals surface area contributed by atoms with Gasteiger partial charge in [0.05, 0.1) is 12.0 Å². The Morgan fingerprint density at radius 3 is 2.18 bits per heavy atom. The Balaban J connectivity index is 1.92. The Hall–Kier alpha value is -4.33. The predicted octanol–water partition coefficient (Wildman–Crippen LogP) is 5.32. The number of para-hydroxylation sites is 1. The number of nitriles is 2. The van der Waals surface area contributed by atoms with Crippen LogP contribution in [-0.4, -0.2) is 15.5 Å². The Morgan fingerprint density at radius 1 is 0.939 bits per heavy atom. The molecule has 3 aromatic rings. The molecule has 7 heteroatoms. The third-order valence-corrected chi connectivity index (χ3v) is 6.24. The van der Waals surface area contributed by atoms with Crippen molar-refractivity contribution < 1.29 is 13.2 Å². The van der Waals surface area contributed by atoms with E-state index < -0.39 is 10.0 Å². The maximum absolute atomic E-state index is 12.6. The molecule has 0 aliphatic heterocycles. The average molecular weight is 456 g/mol. The molecule has 0 spiro atoms. The number of rotatable bonds is 7. The smallest absolute Gasteiger partial charge is 0.261 e. The number of methoxy groups -OCH3 is 1. The highest BCUT2D eigenvalue weighted by Gasteiger charge is 2.14. The second kappa shape index (κ2) is 10.3. The molecule has 3 rings (SSSR count). The second-order valence-electron chi connectivity index (χ2n) is 7.08. The number of hydrogen-bond donors (Lipinski definition) is 1. The van der Waals surface area contributed by atoms with Crippen molar-refractivity contribution in [2.45, 2.75) is 11.8 Å². The molecule has 0 fully saturated rings. The predicted molar refractivity (Wildman–Crippen MR) is 129 cm³/mol. The number of allylic oxidation sites excluding steroid dienone is 3. The number of ether oxygens (including phenoxy) is 1. The lowest BCUT2D eigenvalue weighted by atomic mass is 9.99. The SMILES string of the molecule is COc1ccccc1/C=C/C(=C(C#N)C#N)c1ccc(NS(=O)(=O)c2ccc(C)cc2)cc1. The Morgan fingerprint density at radius 2 is 1.58 bits per heavy atom. The molecule has 0 unspecified atom stereocenters. The molecular formula is C26H21N3O3S. The second-order valence-corrected chi connectivity index (χ2v) is 8.77. The van der Waals surface area contributed by atoms with Gasteiger partial charge in [-0.05, 0) is 42.8 Å². The van der Waals surface area contributed by atoms with E-state index in [1.54, 1.807) is 67.8 Å². The van der Waals surface area contributed by atoms with Crippen molar-refractivity contribution in [3.05, 3.63) is 101 Å². The average Bonchev–Trinajstić information content (AvgIpc) is 2.82. The van der Waals surface area contributed by atoms with E-state index >= 15 is 0 Å². The van der Waals surface area contributed by atoms with Crippen LogP contribution in [0, 0.1) is 29.6 Å². The molecule has 33 heavy (non-hydrogen) atoms. The van der Waals surface area contributed by atoms with E-state index in [1.165, 1.54) is 0 Å². The maximum atomic E-state index is 12.6. The molecular weight excluding hydrogens is 434 g/mol. The van der Waals surface area contributed by atoms with E-state index in [0.717, 1.165) is 11.1 Å². The number of nitrogens with one attached hydrogen (secondary N) is 1. The molecule has 164 valence electrons. The molecule has 6 nitrogen and oxygen atoms in total. The number of benzene rings is 3. The van der Waals surface area contributed by atoms with Crippen LogP contribution in [0.1, 0.15) is 16.7 Å². The summed E-state index contributed by atoms with van der Waals surface area (Å²) in [4.78, 5) is 0.161.